The normalized spacial score (nSPS) is 11.0. The van der Waals surface area contributed by atoms with Gasteiger partial charge in [0.15, 0.2) is 0 Å². The molecule has 6 heteroatoms. The number of methoxy groups -OCH3 is 1. The van der Waals surface area contributed by atoms with E-state index in [2.05, 4.69) is 22.2 Å². The van der Waals surface area contributed by atoms with Crippen molar-refractivity contribution in [3.63, 3.8) is 0 Å². The molecule has 6 nitrogen and oxygen atoms in total. The molecule has 3 aromatic rings. The molecule has 0 atom stereocenters. The van der Waals surface area contributed by atoms with Gasteiger partial charge in [-0.2, -0.15) is 0 Å². The first-order chi connectivity index (χ1) is 14.5. The Balaban J connectivity index is 1.73. The zero-order chi connectivity index (χ0) is 21.5. The molecule has 3 rings (SSSR count). The van der Waals surface area contributed by atoms with Gasteiger partial charge in [-0.1, -0.05) is 30.3 Å². The minimum absolute atomic E-state index is 0.0860. The van der Waals surface area contributed by atoms with Crippen molar-refractivity contribution in [2.75, 3.05) is 13.7 Å². The number of aryl methyl sites for hydroxylation is 2. The molecule has 2 N–H and O–H groups in total. The van der Waals surface area contributed by atoms with E-state index in [0.717, 1.165) is 30.3 Å². The standard InChI is InChI=1S/C24H27NO5/c1-16-18-10-12-21(26)20(15-25-14-6-9-17-7-4-3-5-8-17)23(18)30-24(28)19(16)11-13-22(27)29-2/h3-5,7-8,10,12,25-26H,6,9,11,13-15H2,1-2H3. The molecule has 0 aliphatic heterocycles. The van der Waals surface area contributed by atoms with Crippen LogP contribution in [0.15, 0.2) is 51.7 Å². The van der Waals surface area contributed by atoms with Crippen molar-refractivity contribution >= 4 is 16.9 Å². The molecule has 0 fully saturated rings. The number of fused-ring (bicyclic) bond motifs is 1. The summed E-state index contributed by atoms with van der Waals surface area (Å²) >= 11 is 0. The van der Waals surface area contributed by atoms with Crippen molar-refractivity contribution in [1.29, 1.82) is 0 Å². The predicted molar refractivity (Wildman–Crippen MR) is 116 cm³/mol. The van der Waals surface area contributed by atoms with E-state index in [1.54, 1.807) is 12.1 Å². The Labute approximate surface area is 175 Å². The second-order valence-corrected chi connectivity index (χ2v) is 7.28. The summed E-state index contributed by atoms with van der Waals surface area (Å²) in [5.74, 6) is -0.289. The highest BCUT2D eigenvalue weighted by Gasteiger charge is 2.17. The second-order valence-electron chi connectivity index (χ2n) is 7.28. The van der Waals surface area contributed by atoms with Gasteiger partial charge < -0.3 is 19.6 Å². The molecule has 30 heavy (non-hydrogen) atoms. The number of carbonyl (C=O) groups is 1. The number of benzene rings is 2. The third kappa shape index (κ3) is 5.07. The summed E-state index contributed by atoms with van der Waals surface area (Å²) in [5, 5.41) is 14.4. The molecule has 0 saturated carbocycles. The molecular formula is C24H27NO5. The highest BCUT2D eigenvalue weighted by Crippen LogP contribution is 2.29. The summed E-state index contributed by atoms with van der Waals surface area (Å²) < 4.78 is 10.2. The number of phenols is 1. The maximum Gasteiger partial charge on any atom is 0.339 e. The van der Waals surface area contributed by atoms with Crippen molar-refractivity contribution in [3.05, 3.63) is 75.1 Å². The molecule has 2 aromatic carbocycles. The lowest BCUT2D eigenvalue weighted by Gasteiger charge is -2.13. The van der Waals surface area contributed by atoms with Gasteiger partial charge in [-0.05, 0) is 56.0 Å². The molecule has 0 spiro atoms. The van der Waals surface area contributed by atoms with Gasteiger partial charge in [0.05, 0.1) is 12.7 Å². The lowest BCUT2D eigenvalue weighted by Crippen LogP contribution is -2.17. The van der Waals surface area contributed by atoms with Gasteiger partial charge in [-0.3, -0.25) is 4.79 Å². The maximum atomic E-state index is 12.5. The van der Waals surface area contributed by atoms with Gasteiger partial charge in [-0.25, -0.2) is 4.79 Å². The van der Waals surface area contributed by atoms with Crippen LogP contribution in [0, 0.1) is 6.92 Å². The molecule has 0 bridgehead atoms. The highest BCUT2D eigenvalue weighted by atomic mass is 16.5. The highest BCUT2D eigenvalue weighted by molar-refractivity contribution is 5.85. The number of ether oxygens (including phenoxy) is 1. The van der Waals surface area contributed by atoms with E-state index in [0.29, 0.717) is 23.3 Å². The van der Waals surface area contributed by atoms with Gasteiger partial charge in [0.2, 0.25) is 0 Å². The van der Waals surface area contributed by atoms with Crippen molar-refractivity contribution in [2.24, 2.45) is 0 Å². The number of esters is 1. The van der Waals surface area contributed by atoms with Gasteiger partial charge >= 0.3 is 11.6 Å². The summed E-state index contributed by atoms with van der Waals surface area (Å²) in [4.78, 5) is 24.0. The van der Waals surface area contributed by atoms with Crippen LogP contribution in [-0.2, 0) is 28.9 Å². The summed E-state index contributed by atoms with van der Waals surface area (Å²) in [5.41, 5.74) is 2.96. The SMILES string of the molecule is COC(=O)CCc1c(C)c2ccc(O)c(CNCCCc3ccccc3)c2oc1=O. The third-order valence-corrected chi connectivity index (χ3v) is 5.30. The fourth-order valence-electron chi connectivity index (χ4n) is 3.56. The Bertz CT molecular complexity index is 1070. The molecule has 158 valence electrons. The lowest BCUT2D eigenvalue weighted by molar-refractivity contribution is -0.140. The molecule has 0 amide bonds. The largest absolute Gasteiger partial charge is 0.507 e. The number of aromatic hydroxyl groups is 1. The number of nitrogens with one attached hydrogen (secondary N) is 1. The van der Waals surface area contributed by atoms with E-state index in [9.17, 15) is 14.7 Å². The molecule has 0 radical (unpaired) electrons. The minimum atomic E-state index is -0.486. The molecule has 0 aliphatic rings. The zero-order valence-corrected chi connectivity index (χ0v) is 17.4. The van der Waals surface area contributed by atoms with E-state index in [1.807, 2.05) is 25.1 Å². The van der Waals surface area contributed by atoms with Crippen LogP contribution in [0.5, 0.6) is 5.75 Å². The molecule has 0 aliphatic carbocycles. The Morgan fingerprint density at radius 3 is 2.60 bits per heavy atom. The van der Waals surface area contributed by atoms with Crippen LogP contribution in [0.2, 0.25) is 0 Å². The van der Waals surface area contributed by atoms with Crippen molar-refractivity contribution < 1.29 is 19.1 Å². The number of rotatable bonds is 9. The fourth-order valence-corrected chi connectivity index (χ4v) is 3.56. The Kier molecular flexibility index (Phi) is 7.25. The van der Waals surface area contributed by atoms with Crippen molar-refractivity contribution in [1.82, 2.24) is 5.32 Å². The second kappa shape index (κ2) is 10.1. The van der Waals surface area contributed by atoms with Gasteiger partial charge in [0.1, 0.15) is 11.3 Å². The number of carbonyl (C=O) groups excluding carboxylic acids is 1. The Morgan fingerprint density at radius 2 is 1.87 bits per heavy atom. The topological polar surface area (TPSA) is 88.8 Å². The van der Waals surface area contributed by atoms with Gasteiger partial charge in [0.25, 0.3) is 0 Å². The van der Waals surface area contributed by atoms with E-state index < -0.39 is 5.63 Å². The third-order valence-electron chi connectivity index (χ3n) is 5.30. The number of hydrogen-bond acceptors (Lipinski definition) is 6. The molecule has 0 unspecified atom stereocenters. The van der Waals surface area contributed by atoms with Crippen LogP contribution in [0.4, 0.5) is 0 Å². The summed E-state index contributed by atoms with van der Waals surface area (Å²) in [7, 11) is 1.32. The van der Waals surface area contributed by atoms with Gasteiger partial charge in [0, 0.05) is 23.9 Å². The van der Waals surface area contributed by atoms with Crippen LogP contribution in [0.1, 0.15) is 35.1 Å². The lowest BCUT2D eigenvalue weighted by atomic mass is 10.00. The first-order valence-corrected chi connectivity index (χ1v) is 10.1. The van der Waals surface area contributed by atoms with Crippen molar-refractivity contribution in [2.45, 2.75) is 39.2 Å². The van der Waals surface area contributed by atoms with Gasteiger partial charge in [-0.15, -0.1) is 0 Å². The summed E-state index contributed by atoms with van der Waals surface area (Å²) in [6.45, 7) is 2.99. The fraction of sp³-hybridized carbons (Fsp3) is 0.333. The Hall–Kier alpha value is -3.12. The first-order valence-electron chi connectivity index (χ1n) is 10.1. The monoisotopic (exact) mass is 409 g/mol. The van der Waals surface area contributed by atoms with E-state index in [-0.39, 0.29) is 24.6 Å². The summed E-state index contributed by atoms with van der Waals surface area (Å²) in [6, 6.07) is 13.6. The average Bonchev–Trinajstić information content (AvgIpc) is 2.75. The van der Waals surface area contributed by atoms with Crippen LogP contribution < -0.4 is 10.9 Å². The van der Waals surface area contributed by atoms with E-state index in [1.165, 1.54) is 12.7 Å². The molecule has 1 heterocycles. The quantitative estimate of drug-likeness (QED) is 0.319. The number of hydrogen-bond donors (Lipinski definition) is 2. The van der Waals surface area contributed by atoms with E-state index >= 15 is 0 Å². The summed E-state index contributed by atoms with van der Waals surface area (Å²) in [6.07, 6.45) is 2.29. The first kappa shape index (κ1) is 21.6. The average molecular weight is 409 g/mol. The Morgan fingerprint density at radius 1 is 1.10 bits per heavy atom. The smallest absolute Gasteiger partial charge is 0.339 e. The van der Waals surface area contributed by atoms with Crippen LogP contribution in [-0.4, -0.2) is 24.7 Å². The minimum Gasteiger partial charge on any atom is -0.507 e. The molecule has 0 saturated heterocycles. The maximum absolute atomic E-state index is 12.5. The molecule has 1 aromatic heterocycles. The predicted octanol–water partition coefficient (Wildman–Crippen LogP) is 3.64. The van der Waals surface area contributed by atoms with Crippen LogP contribution >= 0.6 is 0 Å². The number of phenolic OH excluding ortho intramolecular Hbond substituents is 1. The van der Waals surface area contributed by atoms with Crippen LogP contribution in [0.3, 0.4) is 0 Å². The van der Waals surface area contributed by atoms with Crippen molar-refractivity contribution in [3.8, 4) is 5.75 Å². The van der Waals surface area contributed by atoms with Crippen LogP contribution in [0.25, 0.3) is 11.0 Å². The molecular weight excluding hydrogens is 382 g/mol. The zero-order valence-electron chi connectivity index (χ0n) is 17.4. The van der Waals surface area contributed by atoms with E-state index in [4.69, 9.17) is 4.42 Å².